The number of hydrogen-bond acceptors (Lipinski definition) is 3. The van der Waals surface area contributed by atoms with Crippen LogP contribution in [0.1, 0.15) is 0 Å². The minimum absolute atomic E-state index is 0. The molecule has 3 nitrogen and oxygen atoms in total. The van der Waals surface area contributed by atoms with Crippen LogP contribution in [0.25, 0.3) is 0 Å². The number of alkyl halides is 3. The molecule has 0 aromatic heterocycles. The Balaban J connectivity index is 0.00000196. The van der Waals surface area contributed by atoms with Crippen molar-refractivity contribution in [2.45, 2.75) is 6.36 Å². The molecule has 1 rings (SSSR count). The lowest BCUT2D eigenvalue weighted by atomic mass is 10.3. The Labute approximate surface area is 98.3 Å². The molecule has 0 aliphatic rings. The molecular weight excluding hydrogens is 300 g/mol. The van der Waals surface area contributed by atoms with Gasteiger partial charge in [0, 0.05) is 5.69 Å². The maximum Gasteiger partial charge on any atom is 0.573 e. The Hall–Kier alpha value is -0.660. The third-order valence-corrected chi connectivity index (χ3v) is 1.94. The van der Waals surface area contributed by atoms with E-state index >= 15 is 0 Å². The van der Waals surface area contributed by atoms with Gasteiger partial charge >= 0.3 is 6.36 Å². The second-order valence-electron chi connectivity index (χ2n) is 2.34. The molecule has 15 heavy (non-hydrogen) atoms. The average Bonchev–Trinajstić information content (AvgIpc) is 2.06. The molecule has 0 fully saturated rings. The monoisotopic (exact) mass is 306 g/mol. The Morgan fingerprint density at radius 1 is 1.33 bits per heavy atom. The van der Waals surface area contributed by atoms with Crippen LogP contribution in [0.15, 0.2) is 22.7 Å². The van der Waals surface area contributed by atoms with Crippen molar-refractivity contribution in [2.24, 2.45) is 5.84 Å². The highest BCUT2D eigenvalue weighted by molar-refractivity contribution is 9.10. The lowest BCUT2D eigenvalue weighted by Gasteiger charge is -2.11. The van der Waals surface area contributed by atoms with Gasteiger partial charge in [0.15, 0.2) is 0 Å². The van der Waals surface area contributed by atoms with Crippen molar-refractivity contribution in [3.8, 4) is 5.75 Å². The first-order valence-electron chi connectivity index (χ1n) is 3.44. The maximum absolute atomic E-state index is 11.8. The SMILES string of the molecule is Cl.NNc1ccc(OC(F)(F)F)c(Br)c1. The van der Waals surface area contributed by atoms with Gasteiger partial charge in [0.1, 0.15) is 5.75 Å². The first-order valence-corrected chi connectivity index (χ1v) is 4.23. The van der Waals surface area contributed by atoms with Gasteiger partial charge < -0.3 is 10.2 Å². The van der Waals surface area contributed by atoms with Crippen LogP contribution in [0, 0.1) is 0 Å². The molecule has 0 radical (unpaired) electrons. The molecule has 0 spiro atoms. The molecule has 0 aliphatic carbocycles. The zero-order chi connectivity index (χ0) is 10.8. The number of hydrogen-bond donors (Lipinski definition) is 2. The molecule has 0 unspecified atom stereocenters. The highest BCUT2D eigenvalue weighted by atomic mass is 79.9. The van der Waals surface area contributed by atoms with Crippen molar-refractivity contribution in [3.05, 3.63) is 22.7 Å². The maximum atomic E-state index is 11.8. The number of halogens is 5. The van der Waals surface area contributed by atoms with E-state index in [-0.39, 0.29) is 22.6 Å². The summed E-state index contributed by atoms with van der Waals surface area (Å²) >= 11 is 2.92. The van der Waals surface area contributed by atoms with Crippen LogP contribution in [0.2, 0.25) is 0 Å². The predicted molar refractivity (Wildman–Crippen MR) is 55.9 cm³/mol. The number of hydrazine groups is 1. The smallest absolute Gasteiger partial charge is 0.405 e. The fraction of sp³-hybridized carbons (Fsp3) is 0.143. The summed E-state index contributed by atoms with van der Waals surface area (Å²) in [6.07, 6.45) is -4.69. The second-order valence-corrected chi connectivity index (χ2v) is 3.19. The van der Waals surface area contributed by atoms with Crippen LogP contribution in [-0.2, 0) is 0 Å². The summed E-state index contributed by atoms with van der Waals surface area (Å²) in [5, 5.41) is 0. The third-order valence-electron chi connectivity index (χ3n) is 1.32. The summed E-state index contributed by atoms with van der Waals surface area (Å²) in [6.45, 7) is 0. The average molecular weight is 307 g/mol. The van der Waals surface area contributed by atoms with Crippen LogP contribution in [-0.4, -0.2) is 6.36 Å². The fourth-order valence-corrected chi connectivity index (χ4v) is 1.26. The van der Waals surface area contributed by atoms with Crippen LogP contribution >= 0.6 is 28.3 Å². The molecule has 8 heteroatoms. The Bertz CT molecular complexity index is 335. The number of nitrogens with one attached hydrogen (secondary N) is 1. The van der Waals surface area contributed by atoms with Crippen molar-refractivity contribution in [1.82, 2.24) is 0 Å². The van der Waals surface area contributed by atoms with E-state index in [2.05, 4.69) is 26.1 Å². The van der Waals surface area contributed by atoms with Crippen molar-refractivity contribution < 1.29 is 17.9 Å². The largest absolute Gasteiger partial charge is 0.573 e. The zero-order valence-corrected chi connectivity index (χ0v) is 9.54. The molecular formula is C7H7BrClF3N2O. The van der Waals surface area contributed by atoms with E-state index in [1.54, 1.807) is 0 Å². The van der Waals surface area contributed by atoms with Gasteiger partial charge in [0.05, 0.1) is 4.47 Å². The van der Waals surface area contributed by atoms with Gasteiger partial charge in [-0.05, 0) is 34.1 Å². The minimum atomic E-state index is -4.69. The molecule has 1 aromatic carbocycles. The Morgan fingerprint density at radius 2 is 1.93 bits per heavy atom. The number of nitrogen functional groups attached to an aromatic ring is 1. The van der Waals surface area contributed by atoms with Gasteiger partial charge in [-0.3, -0.25) is 5.84 Å². The van der Waals surface area contributed by atoms with Crippen molar-refractivity contribution in [1.29, 1.82) is 0 Å². The van der Waals surface area contributed by atoms with Crippen molar-refractivity contribution in [3.63, 3.8) is 0 Å². The normalized spacial score (nSPS) is 10.5. The number of nitrogens with two attached hydrogens (primary N) is 1. The highest BCUT2D eigenvalue weighted by Gasteiger charge is 2.31. The second kappa shape index (κ2) is 5.43. The van der Waals surface area contributed by atoms with E-state index in [1.807, 2.05) is 0 Å². The molecule has 0 amide bonds. The molecule has 0 bridgehead atoms. The van der Waals surface area contributed by atoms with Gasteiger partial charge in [-0.15, -0.1) is 25.6 Å². The molecule has 1 aromatic rings. The molecule has 0 heterocycles. The summed E-state index contributed by atoms with van der Waals surface area (Å²) in [4.78, 5) is 0. The lowest BCUT2D eigenvalue weighted by Crippen LogP contribution is -2.17. The van der Waals surface area contributed by atoms with E-state index in [1.165, 1.54) is 12.1 Å². The van der Waals surface area contributed by atoms with Crippen molar-refractivity contribution >= 4 is 34.0 Å². The fourth-order valence-electron chi connectivity index (χ4n) is 0.798. The first kappa shape index (κ1) is 14.3. The number of benzene rings is 1. The molecule has 86 valence electrons. The summed E-state index contributed by atoms with van der Waals surface area (Å²) in [5.41, 5.74) is 2.77. The number of ether oxygens (including phenoxy) is 1. The summed E-state index contributed by atoms with van der Waals surface area (Å²) in [6, 6.07) is 3.90. The summed E-state index contributed by atoms with van der Waals surface area (Å²) in [7, 11) is 0. The molecule has 0 atom stereocenters. The van der Waals surface area contributed by atoms with Gasteiger partial charge in [-0.1, -0.05) is 0 Å². The van der Waals surface area contributed by atoms with Gasteiger partial charge in [-0.25, -0.2) is 0 Å². The highest BCUT2D eigenvalue weighted by Crippen LogP contribution is 2.32. The zero-order valence-electron chi connectivity index (χ0n) is 7.14. The van der Waals surface area contributed by atoms with Gasteiger partial charge in [-0.2, -0.15) is 0 Å². The standard InChI is InChI=1S/C7H6BrF3N2O.ClH/c8-5-3-4(13-12)1-2-6(5)14-7(9,10)11;/h1-3,13H,12H2;1H. The van der Waals surface area contributed by atoms with E-state index < -0.39 is 6.36 Å². The van der Waals surface area contributed by atoms with Crippen molar-refractivity contribution in [2.75, 3.05) is 5.43 Å². The van der Waals surface area contributed by atoms with E-state index in [9.17, 15) is 13.2 Å². The topological polar surface area (TPSA) is 47.3 Å². The van der Waals surface area contributed by atoms with Crippen LogP contribution < -0.4 is 16.0 Å². The van der Waals surface area contributed by atoms with Gasteiger partial charge in [0.2, 0.25) is 0 Å². The third kappa shape index (κ3) is 4.59. The number of rotatable bonds is 2. The van der Waals surface area contributed by atoms with Crippen LogP contribution in [0.4, 0.5) is 18.9 Å². The quantitative estimate of drug-likeness (QED) is 0.652. The minimum Gasteiger partial charge on any atom is -0.405 e. The molecule has 0 saturated carbocycles. The lowest BCUT2D eigenvalue weighted by molar-refractivity contribution is -0.274. The molecule has 0 aliphatic heterocycles. The Kier molecular flexibility index (Phi) is 5.19. The Morgan fingerprint density at radius 3 is 2.33 bits per heavy atom. The van der Waals surface area contributed by atoms with E-state index in [0.29, 0.717) is 5.69 Å². The molecule has 3 N–H and O–H groups in total. The summed E-state index contributed by atoms with van der Waals surface area (Å²) < 4.78 is 39.3. The van der Waals surface area contributed by atoms with Gasteiger partial charge in [0.25, 0.3) is 0 Å². The predicted octanol–water partition coefficient (Wildman–Crippen LogP) is 3.06. The van der Waals surface area contributed by atoms with E-state index in [0.717, 1.165) is 6.07 Å². The summed E-state index contributed by atoms with van der Waals surface area (Å²) in [5.74, 6) is 4.75. The van der Waals surface area contributed by atoms with Crippen LogP contribution in [0.5, 0.6) is 5.75 Å². The molecule has 0 saturated heterocycles. The first-order chi connectivity index (χ1) is 6.42. The van der Waals surface area contributed by atoms with E-state index in [4.69, 9.17) is 5.84 Å². The number of anilines is 1. The van der Waals surface area contributed by atoms with Crippen LogP contribution in [0.3, 0.4) is 0 Å².